The quantitative estimate of drug-likeness (QED) is 0.808. The minimum atomic E-state index is 0.219. The van der Waals surface area contributed by atoms with E-state index in [2.05, 4.69) is 27.0 Å². The molecule has 0 unspecified atom stereocenters. The lowest BCUT2D eigenvalue weighted by molar-refractivity contribution is -0.410. The molecule has 0 aliphatic carbocycles. The first-order valence-corrected chi connectivity index (χ1v) is 8.27. The summed E-state index contributed by atoms with van der Waals surface area (Å²) < 4.78 is 11.6. The molecule has 0 fully saturated rings. The molecule has 0 spiro atoms. The smallest absolute Gasteiger partial charge is 0.289 e. The molecule has 3 N–H and O–H groups in total. The second-order valence-corrected chi connectivity index (χ2v) is 6.49. The molecule has 0 bridgehead atoms. The number of hydrogen-bond donors (Lipinski definition) is 1. The number of nitrogens with one attached hydrogen (secondary N) is 1. The molecule has 0 saturated carbocycles. The second kappa shape index (κ2) is 6.37. The van der Waals surface area contributed by atoms with Gasteiger partial charge in [-0.2, -0.15) is 10.5 Å². The number of ether oxygens (including phenoxy) is 2. The normalized spacial score (nSPS) is 11.8. The number of nitrogens with zero attached hydrogens (tertiary/aromatic N) is 2. The van der Waals surface area contributed by atoms with Gasteiger partial charge in [-0.15, -0.1) is 0 Å². The Morgan fingerprint density at radius 1 is 1.17 bits per heavy atom. The molecule has 0 radical (unpaired) electrons. The van der Waals surface area contributed by atoms with E-state index in [1.54, 1.807) is 0 Å². The summed E-state index contributed by atoms with van der Waals surface area (Å²) in [6, 6.07) is 9.28. The molecule has 0 amide bonds. The van der Waals surface area contributed by atoms with Crippen molar-refractivity contribution in [1.82, 2.24) is 0 Å². The average molecular weight is 390 g/mol. The average Bonchev–Trinajstić information content (AvgIpc) is 2.99. The van der Waals surface area contributed by atoms with E-state index in [1.165, 1.54) is 17.8 Å². The zero-order valence-electron chi connectivity index (χ0n) is 11.7. The standard InChI is InChI=1S/C15H9BrN4O2S/c16-11-3-13-12(21-7-22-13)2-10(11)6-23-15-9(5-18)1-8(4-17)14(19)20-15/h1-3H,6-7H2,(H2,19,20)/p+1. The molecule has 3 rings (SSSR count). The number of pyridine rings is 1. The minimum Gasteiger partial charge on any atom is -0.454 e. The predicted molar refractivity (Wildman–Crippen MR) is 86.7 cm³/mol. The predicted octanol–water partition coefficient (Wildman–Crippen LogP) is 2.61. The molecule has 6 nitrogen and oxygen atoms in total. The van der Waals surface area contributed by atoms with E-state index < -0.39 is 0 Å². The summed E-state index contributed by atoms with van der Waals surface area (Å²) in [5.41, 5.74) is 7.43. The molecule has 0 saturated heterocycles. The van der Waals surface area contributed by atoms with E-state index >= 15 is 0 Å². The molecule has 1 aliphatic rings. The van der Waals surface area contributed by atoms with Gasteiger partial charge in [0.2, 0.25) is 6.79 Å². The summed E-state index contributed by atoms with van der Waals surface area (Å²) in [7, 11) is 0. The van der Waals surface area contributed by atoms with Crippen molar-refractivity contribution in [3.05, 3.63) is 39.4 Å². The van der Waals surface area contributed by atoms with Crippen LogP contribution in [0.15, 0.2) is 27.7 Å². The number of halogens is 1. The van der Waals surface area contributed by atoms with Gasteiger partial charge < -0.3 is 9.47 Å². The highest BCUT2D eigenvalue weighted by Gasteiger charge is 2.18. The van der Waals surface area contributed by atoms with Crippen LogP contribution in [0, 0.1) is 22.7 Å². The third-order valence-corrected chi connectivity index (χ3v) is 5.03. The molecule has 2 heterocycles. The van der Waals surface area contributed by atoms with Crippen molar-refractivity contribution in [1.29, 1.82) is 10.5 Å². The number of hydrogen-bond acceptors (Lipinski definition) is 6. The number of aromatic amines is 1. The number of fused-ring (bicyclic) bond motifs is 1. The maximum Gasteiger partial charge on any atom is 0.289 e. The van der Waals surface area contributed by atoms with Crippen LogP contribution in [0.25, 0.3) is 0 Å². The van der Waals surface area contributed by atoms with Crippen molar-refractivity contribution in [3.63, 3.8) is 0 Å². The zero-order chi connectivity index (χ0) is 16.4. The van der Waals surface area contributed by atoms with Crippen LogP contribution >= 0.6 is 27.7 Å². The van der Waals surface area contributed by atoms with Crippen molar-refractivity contribution >= 4 is 33.5 Å². The third kappa shape index (κ3) is 3.04. The highest BCUT2D eigenvalue weighted by Crippen LogP contribution is 2.38. The number of thioether (sulfide) groups is 1. The van der Waals surface area contributed by atoms with Crippen LogP contribution in [0.3, 0.4) is 0 Å². The van der Waals surface area contributed by atoms with Crippen LogP contribution in [0.4, 0.5) is 5.82 Å². The van der Waals surface area contributed by atoms with Crippen molar-refractivity contribution in [3.8, 4) is 23.6 Å². The molecule has 1 aliphatic heterocycles. The fraction of sp³-hybridized carbons (Fsp3) is 0.133. The largest absolute Gasteiger partial charge is 0.454 e. The Kier molecular flexibility index (Phi) is 4.28. The van der Waals surface area contributed by atoms with Crippen LogP contribution in [0.2, 0.25) is 0 Å². The number of nitrogens with two attached hydrogens (primary N) is 1. The second-order valence-electron chi connectivity index (χ2n) is 4.65. The maximum absolute atomic E-state index is 9.23. The lowest BCUT2D eigenvalue weighted by atomic mass is 10.2. The van der Waals surface area contributed by atoms with Crippen molar-refractivity contribution in [2.45, 2.75) is 10.8 Å². The first kappa shape index (κ1) is 15.5. The van der Waals surface area contributed by atoms with Gasteiger partial charge in [0.1, 0.15) is 23.3 Å². The van der Waals surface area contributed by atoms with Gasteiger partial charge in [-0.05, 0) is 23.8 Å². The number of nitrogen functional groups attached to an aromatic ring is 1. The van der Waals surface area contributed by atoms with Crippen LogP contribution in [-0.4, -0.2) is 6.79 Å². The van der Waals surface area contributed by atoms with Gasteiger partial charge in [0.05, 0.1) is 0 Å². The van der Waals surface area contributed by atoms with E-state index in [9.17, 15) is 5.26 Å². The van der Waals surface area contributed by atoms with Crippen molar-refractivity contribution in [2.24, 2.45) is 0 Å². The third-order valence-electron chi connectivity index (χ3n) is 3.23. The van der Waals surface area contributed by atoms with Crippen LogP contribution < -0.4 is 20.2 Å². The van der Waals surface area contributed by atoms with E-state index in [0.717, 1.165) is 10.0 Å². The van der Waals surface area contributed by atoms with Gasteiger partial charge in [0.15, 0.2) is 16.5 Å². The first-order valence-electron chi connectivity index (χ1n) is 6.49. The highest BCUT2D eigenvalue weighted by molar-refractivity contribution is 9.10. The van der Waals surface area contributed by atoms with E-state index in [4.69, 9.17) is 20.5 Å². The van der Waals surface area contributed by atoms with Gasteiger partial charge in [0, 0.05) is 10.2 Å². The lowest BCUT2D eigenvalue weighted by Crippen LogP contribution is -2.16. The molecule has 114 valence electrons. The Morgan fingerprint density at radius 3 is 2.57 bits per heavy atom. The highest BCUT2D eigenvalue weighted by atomic mass is 79.9. The summed E-state index contributed by atoms with van der Waals surface area (Å²) in [5.74, 6) is 2.25. The summed E-state index contributed by atoms with van der Waals surface area (Å²) >= 11 is 4.93. The Bertz CT molecular complexity index is 873. The SMILES string of the molecule is N#Cc1cc(C#N)c(SCc2cc3c(cc2Br)OCO3)[nH+]c1N. The van der Waals surface area contributed by atoms with Gasteiger partial charge in [0.25, 0.3) is 5.82 Å². The number of nitriles is 2. The maximum atomic E-state index is 9.23. The summed E-state index contributed by atoms with van der Waals surface area (Å²) in [4.78, 5) is 2.91. The zero-order valence-corrected chi connectivity index (χ0v) is 14.1. The molecule has 0 atom stereocenters. The number of anilines is 1. The van der Waals surface area contributed by atoms with Gasteiger partial charge in [-0.3, -0.25) is 5.73 Å². The Balaban J connectivity index is 1.86. The fourth-order valence-corrected chi connectivity index (χ4v) is 3.68. The number of H-pyrrole nitrogens is 1. The molecular weight excluding hydrogens is 380 g/mol. The van der Waals surface area contributed by atoms with E-state index in [-0.39, 0.29) is 18.2 Å². The number of benzene rings is 1. The lowest BCUT2D eigenvalue weighted by Gasteiger charge is -2.06. The topological polar surface area (TPSA) is 106 Å². The summed E-state index contributed by atoms with van der Waals surface area (Å²) in [6.07, 6.45) is 0. The molecule has 1 aromatic carbocycles. The van der Waals surface area contributed by atoms with Crippen LogP contribution in [0.1, 0.15) is 16.7 Å². The fourth-order valence-electron chi connectivity index (χ4n) is 2.05. The monoisotopic (exact) mass is 389 g/mol. The Hall–Kier alpha value is -2.42. The van der Waals surface area contributed by atoms with E-state index in [1.807, 2.05) is 18.2 Å². The van der Waals surface area contributed by atoms with Crippen LogP contribution in [0.5, 0.6) is 11.5 Å². The molecular formula is C15H10BrN4O2S+. The molecule has 8 heteroatoms. The van der Waals surface area contributed by atoms with Crippen molar-refractivity contribution < 1.29 is 14.5 Å². The summed E-state index contributed by atoms with van der Waals surface area (Å²) in [5, 5.41) is 18.8. The molecule has 23 heavy (non-hydrogen) atoms. The van der Waals surface area contributed by atoms with E-state index in [0.29, 0.717) is 27.8 Å². The van der Waals surface area contributed by atoms with Gasteiger partial charge >= 0.3 is 0 Å². The molecule has 2 aromatic rings. The van der Waals surface area contributed by atoms with Crippen molar-refractivity contribution in [2.75, 3.05) is 12.5 Å². The van der Waals surface area contributed by atoms with Crippen LogP contribution in [-0.2, 0) is 5.75 Å². The van der Waals surface area contributed by atoms with Gasteiger partial charge in [-0.25, -0.2) is 4.98 Å². The van der Waals surface area contributed by atoms with Gasteiger partial charge in [-0.1, -0.05) is 27.7 Å². The Morgan fingerprint density at radius 2 is 1.87 bits per heavy atom. The minimum absolute atomic E-state index is 0.219. The number of aromatic nitrogens is 1. The molecule has 1 aromatic heterocycles. The Labute approximate surface area is 145 Å². The first-order chi connectivity index (χ1) is 11.1. The number of rotatable bonds is 3. The summed E-state index contributed by atoms with van der Waals surface area (Å²) in [6.45, 7) is 0.219.